The molecule has 1 aliphatic rings. The van der Waals surface area contributed by atoms with E-state index in [1.807, 2.05) is 0 Å². The average molecular weight is 224 g/mol. The van der Waals surface area contributed by atoms with Gasteiger partial charge in [-0.3, -0.25) is 0 Å². The smallest absolute Gasteiger partial charge is 0.000209 e. The SMILES string of the molecule is ICCC1CCCC1. The number of hydrogen-bond acceptors (Lipinski definition) is 0. The van der Waals surface area contributed by atoms with Gasteiger partial charge in [-0.25, -0.2) is 0 Å². The fourth-order valence-electron chi connectivity index (χ4n) is 1.45. The number of alkyl halides is 1. The maximum absolute atomic E-state index is 2.48. The lowest BCUT2D eigenvalue weighted by atomic mass is 10.1. The third-order valence-corrected chi connectivity index (χ3v) is 2.61. The Bertz CT molecular complexity index is 55.4. The second kappa shape index (κ2) is 3.70. The van der Waals surface area contributed by atoms with Crippen LogP contribution in [0.4, 0.5) is 0 Å². The highest BCUT2D eigenvalue weighted by Gasteiger charge is 2.12. The summed E-state index contributed by atoms with van der Waals surface area (Å²) in [5.41, 5.74) is 0. The summed E-state index contributed by atoms with van der Waals surface area (Å²) in [6.45, 7) is 0. The number of rotatable bonds is 2. The van der Waals surface area contributed by atoms with Crippen molar-refractivity contribution in [2.75, 3.05) is 4.43 Å². The lowest BCUT2D eigenvalue weighted by Gasteiger charge is -2.02. The molecule has 0 N–H and O–H groups in total. The van der Waals surface area contributed by atoms with Crippen LogP contribution in [-0.2, 0) is 0 Å². The maximum Gasteiger partial charge on any atom is -0.000209 e. The zero-order chi connectivity index (χ0) is 5.82. The Morgan fingerprint density at radius 1 is 1.25 bits per heavy atom. The minimum atomic E-state index is 1.10. The topological polar surface area (TPSA) is 0 Å². The highest BCUT2D eigenvalue weighted by molar-refractivity contribution is 14.1. The van der Waals surface area contributed by atoms with Crippen molar-refractivity contribution in [1.29, 1.82) is 0 Å². The summed E-state index contributed by atoms with van der Waals surface area (Å²) in [5.74, 6) is 1.10. The van der Waals surface area contributed by atoms with Crippen molar-refractivity contribution in [3.05, 3.63) is 0 Å². The molecule has 0 saturated heterocycles. The molecule has 0 aromatic carbocycles. The predicted molar refractivity (Wildman–Crippen MR) is 45.5 cm³/mol. The van der Waals surface area contributed by atoms with Gasteiger partial charge in [0.05, 0.1) is 0 Å². The number of halogens is 1. The fraction of sp³-hybridized carbons (Fsp3) is 1.00. The minimum absolute atomic E-state index is 1.10. The monoisotopic (exact) mass is 224 g/mol. The molecule has 0 bridgehead atoms. The molecule has 1 rings (SSSR count). The second-order valence-electron chi connectivity index (χ2n) is 2.63. The Labute approximate surface area is 65.2 Å². The summed E-state index contributed by atoms with van der Waals surface area (Å²) in [4.78, 5) is 0. The van der Waals surface area contributed by atoms with Gasteiger partial charge in [-0.1, -0.05) is 48.3 Å². The van der Waals surface area contributed by atoms with Crippen molar-refractivity contribution in [2.24, 2.45) is 5.92 Å². The first-order chi connectivity index (χ1) is 3.93. The summed E-state index contributed by atoms with van der Waals surface area (Å²) < 4.78 is 1.36. The van der Waals surface area contributed by atoms with E-state index in [1.165, 1.54) is 36.5 Å². The Balaban J connectivity index is 2.06. The lowest BCUT2D eigenvalue weighted by molar-refractivity contribution is 0.538. The summed E-state index contributed by atoms with van der Waals surface area (Å²) in [5, 5.41) is 0. The van der Waals surface area contributed by atoms with Crippen molar-refractivity contribution in [2.45, 2.75) is 32.1 Å². The Morgan fingerprint density at radius 2 is 1.88 bits per heavy atom. The molecule has 1 heteroatoms. The molecule has 48 valence electrons. The van der Waals surface area contributed by atoms with E-state index in [2.05, 4.69) is 22.6 Å². The van der Waals surface area contributed by atoms with Crippen LogP contribution in [0.3, 0.4) is 0 Å². The van der Waals surface area contributed by atoms with E-state index in [4.69, 9.17) is 0 Å². The molecule has 0 aliphatic heterocycles. The first-order valence-corrected chi connectivity index (χ1v) is 5.02. The van der Waals surface area contributed by atoms with Gasteiger partial charge in [0, 0.05) is 0 Å². The highest BCUT2D eigenvalue weighted by atomic mass is 127. The van der Waals surface area contributed by atoms with Crippen LogP contribution in [-0.4, -0.2) is 4.43 Å². The minimum Gasteiger partial charge on any atom is -0.0864 e. The fourth-order valence-corrected chi connectivity index (χ4v) is 2.33. The van der Waals surface area contributed by atoms with Crippen molar-refractivity contribution < 1.29 is 0 Å². The largest absolute Gasteiger partial charge is 0.0864 e. The van der Waals surface area contributed by atoms with E-state index in [0.29, 0.717) is 0 Å². The van der Waals surface area contributed by atoms with Gasteiger partial charge in [0.15, 0.2) is 0 Å². The van der Waals surface area contributed by atoms with Crippen LogP contribution in [0.2, 0.25) is 0 Å². The van der Waals surface area contributed by atoms with Gasteiger partial charge in [0.25, 0.3) is 0 Å². The van der Waals surface area contributed by atoms with Crippen LogP contribution in [0.15, 0.2) is 0 Å². The zero-order valence-electron chi connectivity index (χ0n) is 5.20. The van der Waals surface area contributed by atoms with Crippen molar-refractivity contribution in [1.82, 2.24) is 0 Å². The average Bonchev–Trinajstić information content (AvgIpc) is 2.19. The molecule has 0 heterocycles. The van der Waals surface area contributed by atoms with Crippen LogP contribution < -0.4 is 0 Å². The van der Waals surface area contributed by atoms with Gasteiger partial charge in [-0.15, -0.1) is 0 Å². The van der Waals surface area contributed by atoms with Gasteiger partial charge in [0.2, 0.25) is 0 Å². The van der Waals surface area contributed by atoms with Crippen molar-refractivity contribution in [3.63, 3.8) is 0 Å². The molecule has 0 radical (unpaired) electrons. The molecule has 0 spiro atoms. The Kier molecular flexibility index (Phi) is 3.16. The van der Waals surface area contributed by atoms with Crippen LogP contribution >= 0.6 is 22.6 Å². The van der Waals surface area contributed by atoms with Crippen LogP contribution in [0.5, 0.6) is 0 Å². The van der Waals surface area contributed by atoms with Gasteiger partial charge in [0.1, 0.15) is 0 Å². The highest BCUT2D eigenvalue weighted by Crippen LogP contribution is 2.27. The van der Waals surface area contributed by atoms with Gasteiger partial charge in [-0.05, 0) is 16.8 Å². The summed E-state index contributed by atoms with van der Waals surface area (Å²) in [7, 11) is 0. The molecular weight excluding hydrogens is 211 g/mol. The van der Waals surface area contributed by atoms with Gasteiger partial charge < -0.3 is 0 Å². The summed E-state index contributed by atoms with van der Waals surface area (Å²) in [6, 6.07) is 0. The first kappa shape index (κ1) is 6.84. The van der Waals surface area contributed by atoms with Crippen LogP contribution in [0.1, 0.15) is 32.1 Å². The molecule has 0 aromatic rings. The quantitative estimate of drug-likeness (QED) is 0.499. The van der Waals surface area contributed by atoms with E-state index < -0.39 is 0 Å². The van der Waals surface area contributed by atoms with Gasteiger partial charge in [-0.2, -0.15) is 0 Å². The predicted octanol–water partition coefficient (Wildman–Crippen LogP) is 3.00. The van der Waals surface area contributed by atoms with Crippen molar-refractivity contribution >= 4 is 22.6 Å². The summed E-state index contributed by atoms with van der Waals surface area (Å²) >= 11 is 2.48. The van der Waals surface area contributed by atoms with Crippen LogP contribution in [0, 0.1) is 5.92 Å². The molecule has 1 aliphatic carbocycles. The van der Waals surface area contributed by atoms with E-state index in [9.17, 15) is 0 Å². The van der Waals surface area contributed by atoms with Crippen LogP contribution in [0.25, 0.3) is 0 Å². The van der Waals surface area contributed by atoms with E-state index in [0.717, 1.165) is 5.92 Å². The normalized spacial score (nSPS) is 22.1. The van der Waals surface area contributed by atoms with Gasteiger partial charge >= 0.3 is 0 Å². The molecule has 1 fully saturated rings. The zero-order valence-corrected chi connectivity index (χ0v) is 7.36. The molecule has 0 amide bonds. The maximum atomic E-state index is 2.48. The molecule has 8 heavy (non-hydrogen) atoms. The van der Waals surface area contributed by atoms with E-state index in [1.54, 1.807) is 0 Å². The number of hydrogen-bond donors (Lipinski definition) is 0. The third kappa shape index (κ3) is 1.92. The van der Waals surface area contributed by atoms with E-state index >= 15 is 0 Å². The first-order valence-electron chi connectivity index (χ1n) is 3.49. The Morgan fingerprint density at radius 3 is 2.38 bits per heavy atom. The lowest BCUT2D eigenvalue weighted by Crippen LogP contribution is -1.91. The van der Waals surface area contributed by atoms with E-state index in [-0.39, 0.29) is 0 Å². The third-order valence-electron chi connectivity index (χ3n) is 1.99. The van der Waals surface area contributed by atoms with Crippen molar-refractivity contribution in [3.8, 4) is 0 Å². The molecule has 0 nitrogen and oxygen atoms in total. The second-order valence-corrected chi connectivity index (χ2v) is 3.71. The summed E-state index contributed by atoms with van der Waals surface area (Å²) in [6.07, 6.45) is 7.51. The molecular formula is C7H13I. The Hall–Kier alpha value is 0.730. The molecule has 1 saturated carbocycles. The molecule has 0 aromatic heterocycles. The standard InChI is InChI=1S/C7H13I/c8-6-5-7-3-1-2-4-7/h7H,1-6H2. The molecule has 0 unspecified atom stereocenters. The molecule has 0 atom stereocenters.